The van der Waals surface area contributed by atoms with Gasteiger partial charge in [-0.2, -0.15) is 13.2 Å². The molecule has 0 aliphatic heterocycles. The largest absolute Gasteiger partial charge is 0.397 e. The molecule has 4 nitrogen and oxygen atoms in total. The summed E-state index contributed by atoms with van der Waals surface area (Å²) in [5, 5.41) is 10.7. The Labute approximate surface area is 95.4 Å². The number of halogens is 3. The number of rotatable bonds is 3. The fourth-order valence-corrected chi connectivity index (χ4v) is 1.69. The van der Waals surface area contributed by atoms with Crippen LogP contribution in [-0.4, -0.2) is 17.6 Å². The number of nitrogens with two attached hydrogens (primary N) is 1. The minimum Gasteiger partial charge on any atom is -0.330 e. The van der Waals surface area contributed by atoms with Crippen molar-refractivity contribution >= 4 is 5.69 Å². The summed E-state index contributed by atoms with van der Waals surface area (Å²) in [5.41, 5.74) is 4.40. The molecule has 0 aliphatic rings. The van der Waals surface area contributed by atoms with Crippen molar-refractivity contribution in [2.24, 2.45) is 5.73 Å². The van der Waals surface area contributed by atoms with Crippen molar-refractivity contribution in [2.45, 2.75) is 19.0 Å². The standard InChI is InChI=1S/C10H11F3N2O2/c1-6-3-2-4-8(15(16)17)9(6)7(5-14)10(11,12)13/h2-4,7H,5,14H2,1H3. The Morgan fingerprint density at radius 3 is 2.47 bits per heavy atom. The van der Waals surface area contributed by atoms with Crippen LogP contribution in [0, 0.1) is 17.0 Å². The van der Waals surface area contributed by atoms with Crippen LogP contribution < -0.4 is 5.73 Å². The predicted octanol–water partition coefficient (Wildman–Crippen LogP) is 2.51. The van der Waals surface area contributed by atoms with Gasteiger partial charge in [-0.05, 0) is 12.5 Å². The summed E-state index contributed by atoms with van der Waals surface area (Å²) in [6, 6.07) is 3.80. The van der Waals surface area contributed by atoms with Crippen molar-refractivity contribution < 1.29 is 18.1 Å². The van der Waals surface area contributed by atoms with Gasteiger partial charge in [-0.3, -0.25) is 10.1 Å². The number of aryl methyl sites for hydroxylation is 1. The maximum atomic E-state index is 12.7. The minimum absolute atomic E-state index is 0.215. The Kier molecular flexibility index (Phi) is 3.72. The van der Waals surface area contributed by atoms with E-state index in [1.54, 1.807) is 0 Å². The first kappa shape index (κ1) is 13.4. The van der Waals surface area contributed by atoms with Gasteiger partial charge in [0.15, 0.2) is 0 Å². The number of nitro benzene ring substituents is 1. The summed E-state index contributed by atoms with van der Waals surface area (Å²) < 4.78 is 38.2. The third-order valence-corrected chi connectivity index (χ3v) is 2.48. The van der Waals surface area contributed by atoms with Crippen molar-refractivity contribution in [1.82, 2.24) is 0 Å². The number of nitrogens with zero attached hydrogens (tertiary/aromatic N) is 1. The van der Waals surface area contributed by atoms with Crippen LogP contribution in [0.25, 0.3) is 0 Å². The fraction of sp³-hybridized carbons (Fsp3) is 0.400. The van der Waals surface area contributed by atoms with Crippen LogP contribution in [0.5, 0.6) is 0 Å². The topological polar surface area (TPSA) is 69.2 Å². The number of alkyl halides is 3. The molecule has 2 N–H and O–H groups in total. The lowest BCUT2D eigenvalue weighted by Crippen LogP contribution is -2.29. The lowest BCUT2D eigenvalue weighted by Gasteiger charge is -2.20. The molecular formula is C10H11F3N2O2. The second-order valence-corrected chi connectivity index (χ2v) is 3.59. The summed E-state index contributed by atoms with van der Waals surface area (Å²) in [4.78, 5) is 9.90. The van der Waals surface area contributed by atoms with E-state index in [4.69, 9.17) is 5.73 Å². The van der Waals surface area contributed by atoms with Crippen LogP contribution >= 0.6 is 0 Å². The molecule has 0 heterocycles. The molecule has 1 rings (SSSR count). The molecule has 0 radical (unpaired) electrons. The van der Waals surface area contributed by atoms with Gasteiger partial charge in [0.1, 0.15) is 0 Å². The lowest BCUT2D eigenvalue weighted by molar-refractivity contribution is -0.386. The van der Waals surface area contributed by atoms with E-state index in [2.05, 4.69) is 0 Å². The lowest BCUT2D eigenvalue weighted by atomic mass is 9.92. The Morgan fingerprint density at radius 2 is 2.06 bits per heavy atom. The highest BCUT2D eigenvalue weighted by atomic mass is 19.4. The number of nitro groups is 1. The van der Waals surface area contributed by atoms with Crippen LogP contribution in [-0.2, 0) is 0 Å². The molecule has 0 aromatic heterocycles. The van der Waals surface area contributed by atoms with Crippen LogP contribution in [0.3, 0.4) is 0 Å². The van der Waals surface area contributed by atoms with E-state index in [-0.39, 0.29) is 11.1 Å². The molecule has 1 aromatic rings. The second kappa shape index (κ2) is 4.70. The van der Waals surface area contributed by atoms with E-state index >= 15 is 0 Å². The average Bonchev–Trinajstić information content (AvgIpc) is 2.19. The van der Waals surface area contributed by atoms with Gasteiger partial charge in [-0.25, -0.2) is 0 Å². The molecule has 0 fully saturated rings. The third-order valence-electron chi connectivity index (χ3n) is 2.48. The quantitative estimate of drug-likeness (QED) is 0.660. The first-order valence-corrected chi connectivity index (χ1v) is 4.79. The average molecular weight is 248 g/mol. The van der Waals surface area contributed by atoms with E-state index in [0.29, 0.717) is 0 Å². The van der Waals surface area contributed by atoms with Crippen LogP contribution in [0.4, 0.5) is 18.9 Å². The molecule has 0 saturated carbocycles. The molecule has 0 saturated heterocycles. The molecule has 0 aliphatic carbocycles. The van der Waals surface area contributed by atoms with Crippen molar-refractivity contribution in [2.75, 3.05) is 6.54 Å². The molecule has 1 aromatic carbocycles. The Hall–Kier alpha value is -1.63. The zero-order chi connectivity index (χ0) is 13.2. The normalized spacial score (nSPS) is 13.5. The van der Waals surface area contributed by atoms with Crippen molar-refractivity contribution in [3.8, 4) is 0 Å². The third kappa shape index (κ3) is 2.73. The van der Waals surface area contributed by atoms with Gasteiger partial charge in [-0.1, -0.05) is 12.1 Å². The van der Waals surface area contributed by atoms with Crippen molar-refractivity contribution in [1.29, 1.82) is 0 Å². The number of hydrogen-bond donors (Lipinski definition) is 1. The highest BCUT2D eigenvalue weighted by Crippen LogP contribution is 2.39. The van der Waals surface area contributed by atoms with E-state index in [1.807, 2.05) is 0 Å². The maximum absolute atomic E-state index is 12.7. The van der Waals surface area contributed by atoms with E-state index in [1.165, 1.54) is 19.1 Å². The van der Waals surface area contributed by atoms with Crippen LogP contribution in [0.2, 0.25) is 0 Å². The molecule has 7 heteroatoms. The summed E-state index contributed by atoms with van der Waals surface area (Å²) in [7, 11) is 0. The molecule has 17 heavy (non-hydrogen) atoms. The molecular weight excluding hydrogens is 237 g/mol. The Bertz CT molecular complexity index is 432. The van der Waals surface area contributed by atoms with Gasteiger partial charge in [0.05, 0.1) is 10.8 Å². The summed E-state index contributed by atoms with van der Waals surface area (Å²) in [5.74, 6) is -2.01. The summed E-state index contributed by atoms with van der Waals surface area (Å²) >= 11 is 0. The molecule has 0 bridgehead atoms. The van der Waals surface area contributed by atoms with Gasteiger partial charge >= 0.3 is 6.18 Å². The van der Waals surface area contributed by atoms with Gasteiger partial charge in [0.25, 0.3) is 5.69 Å². The van der Waals surface area contributed by atoms with E-state index < -0.39 is 29.2 Å². The first-order chi connectivity index (χ1) is 7.79. The Balaban J connectivity index is 3.42. The van der Waals surface area contributed by atoms with Crippen LogP contribution in [0.1, 0.15) is 17.0 Å². The van der Waals surface area contributed by atoms with Crippen LogP contribution in [0.15, 0.2) is 18.2 Å². The first-order valence-electron chi connectivity index (χ1n) is 4.79. The molecule has 1 unspecified atom stereocenters. The maximum Gasteiger partial charge on any atom is 0.397 e. The molecule has 94 valence electrons. The number of benzene rings is 1. The summed E-state index contributed by atoms with van der Waals surface area (Å²) in [6.45, 7) is 0.686. The highest BCUT2D eigenvalue weighted by Gasteiger charge is 2.43. The van der Waals surface area contributed by atoms with Gasteiger partial charge in [0.2, 0.25) is 0 Å². The van der Waals surface area contributed by atoms with Gasteiger partial charge < -0.3 is 5.73 Å². The summed E-state index contributed by atoms with van der Waals surface area (Å²) in [6.07, 6.45) is -4.59. The molecule has 0 amide bonds. The minimum atomic E-state index is -4.59. The monoisotopic (exact) mass is 248 g/mol. The number of hydrogen-bond acceptors (Lipinski definition) is 3. The second-order valence-electron chi connectivity index (χ2n) is 3.59. The zero-order valence-electron chi connectivity index (χ0n) is 8.99. The fourth-order valence-electron chi connectivity index (χ4n) is 1.69. The van der Waals surface area contributed by atoms with E-state index in [0.717, 1.165) is 6.07 Å². The van der Waals surface area contributed by atoms with E-state index in [9.17, 15) is 23.3 Å². The van der Waals surface area contributed by atoms with Gasteiger partial charge in [0, 0.05) is 18.2 Å². The van der Waals surface area contributed by atoms with Gasteiger partial charge in [-0.15, -0.1) is 0 Å². The SMILES string of the molecule is Cc1cccc([N+](=O)[O-])c1C(CN)C(F)(F)F. The molecule has 0 spiro atoms. The Morgan fingerprint density at radius 1 is 1.47 bits per heavy atom. The van der Waals surface area contributed by atoms with Crippen molar-refractivity contribution in [3.63, 3.8) is 0 Å². The highest BCUT2D eigenvalue weighted by molar-refractivity contribution is 5.48. The smallest absolute Gasteiger partial charge is 0.330 e. The zero-order valence-corrected chi connectivity index (χ0v) is 8.99. The molecule has 1 atom stereocenters. The predicted molar refractivity (Wildman–Crippen MR) is 55.7 cm³/mol. The van der Waals surface area contributed by atoms with Crippen molar-refractivity contribution in [3.05, 3.63) is 39.4 Å².